The van der Waals surface area contributed by atoms with E-state index in [1.165, 1.54) is 4.90 Å². The summed E-state index contributed by atoms with van der Waals surface area (Å²) in [4.78, 5) is 37.7. The smallest absolute Gasteiger partial charge is 0.407 e. The molecule has 3 rings (SSSR count). The molecule has 1 atom stereocenters. The van der Waals surface area contributed by atoms with E-state index in [4.69, 9.17) is 9.84 Å². The number of carbonyl (C=O) groups is 3. The van der Waals surface area contributed by atoms with Crippen LogP contribution in [0.3, 0.4) is 0 Å². The van der Waals surface area contributed by atoms with E-state index in [2.05, 4.69) is 29.6 Å². The van der Waals surface area contributed by atoms with E-state index in [1.54, 1.807) is 6.92 Å². The first-order valence-electron chi connectivity index (χ1n) is 11.2. The van der Waals surface area contributed by atoms with Gasteiger partial charge in [0.2, 0.25) is 5.91 Å². The van der Waals surface area contributed by atoms with Crippen LogP contribution in [0.15, 0.2) is 48.5 Å². The Bertz CT molecular complexity index is 982. The normalized spacial score (nSPS) is 13.6. The van der Waals surface area contributed by atoms with Crippen molar-refractivity contribution in [2.75, 3.05) is 13.2 Å². The second kappa shape index (κ2) is 10.1. The molecule has 0 aliphatic heterocycles. The first kappa shape index (κ1) is 24.3. The van der Waals surface area contributed by atoms with Gasteiger partial charge in [0.1, 0.15) is 6.61 Å². The van der Waals surface area contributed by atoms with Crippen LogP contribution in [0.4, 0.5) is 4.79 Å². The summed E-state index contributed by atoms with van der Waals surface area (Å²) in [5.41, 5.74) is 4.06. The summed E-state index contributed by atoms with van der Waals surface area (Å²) in [6, 6.07) is 15.8. The Morgan fingerprint density at radius 1 is 1.03 bits per heavy atom. The molecule has 0 spiro atoms. The number of nitrogens with zero attached hydrogens (tertiary/aromatic N) is 1. The number of rotatable bonds is 8. The Balaban J connectivity index is 1.57. The summed E-state index contributed by atoms with van der Waals surface area (Å²) in [5, 5.41) is 11.7. The maximum Gasteiger partial charge on any atom is 0.407 e. The van der Waals surface area contributed by atoms with E-state index in [0.717, 1.165) is 22.3 Å². The minimum atomic E-state index is -0.957. The molecule has 1 aliphatic carbocycles. The van der Waals surface area contributed by atoms with E-state index in [9.17, 15) is 14.4 Å². The average Bonchev–Trinajstić information content (AvgIpc) is 3.05. The molecule has 0 radical (unpaired) electrons. The largest absolute Gasteiger partial charge is 0.481 e. The highest BCUT2D eigenvalue weighted by Crippen LogP contribution is 2.44. The predicted molar refractivity (Wildman–Crippen MR) is 126 cm³/mol. The summed E-state index contributed by atoms with van der Waals surface area (Å²) < 4.78 is 5.55. The van der Waals surface area contributed by atoms with Gasteiger partial charge in [0.15, 0.2) is 0 Å². The Kier molecular flexibility index (Phi) is 7.41. The summed E-state index contributed by atoms with van der Waals surface area (Å²) in [6.07, 6.45) is -0.650. The number of carboxylic acid groups (broad SMARTS) is 1. The molecule has 0 heterocycles. The lowest BCUT2D eigenvalue weighted by atomic mass is 9.98. The van der Waals surface area contributed by atoms with Crippen LogP contribution in [-0.2, 0) is 14.3 Å². The third-order valence-electron chi connectivity index (χ3n) is 5.85. The van der Waals surface area contributed by atoms with Crippen LogP contribution in [0.2, 0.25) is 0 Å². The lowest BCUT2D eigenvalue weighted by Crippen LogP contribution is -2.48. The predicted octanol–water partition coefficient (Wildman–Crippen LogP) is 4.41. The van der Waals surface area contributed by atoms with Crippen LogP contribution in [-0.4, -0.2) is 52.7 Å². The molecule has 0 saturated carbocycles. The number of benzene rings is 2. The Morgan fingerprint density at radius 3 is 2.09 bits per heavy atom. The third kappa shape index (κ3) is 5.92. The second-order valence-electron chi connectivity index (χ2n) is 9.43. The first-order chi connectivity index (χ1) is 15.6. The molecular formula is C26H32N2O5. The Hall–Kier alpha value is -3.35. The van der Waals surface area contributed by atoms with Crippen molar-refractivity contribution in [3.63, 3.8) is 0 Å². The highest BCUT2D eigenvalue weighted by Gasteiger charge is 2.30. The number of fused-ring (bicyclic) bond motifs is 3. The number of hydrogen-bond acceptors (Lipinski definition) is 4. The van der Waals surface area contributed by atoms with E-state index in [-0.39, 0.29) is 37.8 Å². The molecule has 2 N–H and O–H groups in total. The molecule has 0 saturated heterocycles. The van der Waals surface area contributed by atoms with Gasteiger partial charge in [-0.05, 0) is 49.9 Å². The van der Waals surface area contributed by atoms with Gasteiger partial charge in [-0.2, -0.15) is 0 Å². The number of hydrogen-bond donors (Lipinski definition) is 2. The fraction of sp³-hybridized carbons (Fsp3) is 0.423. The van der Waals surface area contributed by atoms with Crippen molar-refractivity contribution in [1.82, 2.24) is 10.2 Å². The van der Waals surface area contributed by atoms with Crippen LogP contribution in [0.1, 0.15) is 57.6 Å². The van der Waals surface area contributed by atoms with Crippen molar-refractivity contribution in [2.24, 2.45) is 0 Å². The molecule has 1 aliphatic rings. The van der Waals surface area contributed by atoms with Crippen molar-refractivity contribution < 1.29 is 24.2 Å². The Labute approximate surface area is 194 Å². The fourth-order valence-electron chi connectivity index (χ4n) is 4.31. The molecule has 7 nitrogen and oxygen atoms in total. The van der Waals surface area contributed by atoms with Gasteiger partial charge in [0.05, 0.1) is 6.42 Å². The minimum Gasteiger partial charge on any atom is -0.481 e. The van der Waals surface area contributed by atoms with Gasteiger partial charge in [-0.25, -0.2) is 4.79 Å². The molecule has 7 heteroatoms. The van der Waals surface area contributed by atoms with Gasteiger partial charge >= 0.3 is 12.1 Å². The van der Waals surface area contributed by atoms with Crippen LogP contribution in [0, 0.1) is 0 Å². The first-order valence-corrected chi connectivity index (χ1v) is 11.2. The van der Waals surface area contributed by atoms with Crippen LogP contribution in [0.5, 0.6) is 0 Å². The number of nitrogens with one attached hydrogen (secondary N) is 1. The third-order valence-corrected chi connectivity index (χ3v) is 5.85. The van der Waals surface area contributed by atoms with Gasteiger partial charge in [0.25, 0.3) is 0 Å². The standard InChI is InChI=1S/C26H32N2O5/c1-17(15-23(29)28(26(2,3)4)14-13-24(30)31)27-25(32)33-16-22-20-11-7-5-9-18(20)19-10-6-8-12-21(19)22/h5-12,17,22H,13-16H2,1-4H3,(H,27,32)(H,30,31). The molecule has 33 heavy (non-hydrogen) atoms. The van der Waals surface area contributed by atoms with Gasteiger partial charge in [0, 0.05) is 30.5 Å². The molecule has 2 amide bonds. The van der Waals surface area contributed by atoms with Crippen molar-refractivity contribution in [3.8, 4) is 11.1 Å². The number of carbonyl (C=O) groups excluding carboxylic acids is 2. The van der Waals surface area contributed by atoms with E-state index in [1.807, 2.05) is 45.0 Å². The molecule has 0 aromatic heterocycles. The van der Waals surface area contributed by atoms with Crippen LogP contribution < -0.4 is 5.32 Å². The fourth-order valence-corrected chi connectivity index (χ4v) is 4.31. The van der Waals surface area contributed by atoms with Crippen LogP contribution >= 0.6 is 0 Å². The highest BCUT2D eigenvalue weighted by atomic mass is 16.5. The van der Waals surface area contributed by atoms with Gasteiger partial charge in [-0.15, -0.1) is 0 Å². The lowest BCUT2D eigenvalue weighted by Gasteiger charge is -2.36. The summed E-state index contributed by atoms with van der Waals surface area (Å²) in [6.45, 7) is 7.63. The van der Waals surface area contributed by atoms with E-state index >= 15 is 0 Å². The SMILES string of the molecule is CC(CC(=O)N(CCC(=O)O)C(C)(C)C)NC(=O)OCC1c2ccccc2-c2ccccc21. The molecule has 0 bridgehead atoms. The minimum absolute atomic E-state index is 0.0347. The number of ether oxygens (including phenoxy) is 1. The number of amides is 2. The summed E-state index contributed by atoms with van der Waals surface area (Å²) in [7, 11) is 0. The lowest BCUT2D eigenvalue weighted by molar-refractivity contribution is -0.140. The average molecular weight is 453 g/mol. The maximum absolute atomic E-state index is 12.8. The van der Waals surface area contributed by atoms with Gasteiger partial charge in [-0.1, -0.05) is 48.5 Å². The zero-order chi connectivity index (χ0) is 24.2. The topological polar surface area (TPSA) is 95.9 Å². The monoisotopic (exact) mass is 452 g/mol. The highest BCUT2D eigenvalue weighted by molar-refractivity contribution is 5.80. The van der Waals surface area contributed by atoms with E-state index in [0.29, 0.717) is 0 Å². The zero-order valence-corrected chi connectivity index (χ0v) is 19.6. The molecular weight excluding hydrogens is 420 g/mol. The van der Waals surface area contributed by atoms with E-state index < -0.39 is 23.6 Å². The molecule has 0 fully saturated rings. The summed E-state index contributed by atoms with van der Waals surface area (Å²) >= 11 is 0. The molecule has 1 unspecified atom stereocenters. The number of alkyl carbamates (subject to hydrolysis) is 1. The molecule has 2 aromatic carbocycles. The Morgan fingerprint density at radius 2 is 1.58 bits per heavy atom. The molecule has 2 aromatic rings. The molecule has 176 valence electrons. The number of carboxylic acids is 1. The van der Waals surface area contributed by atoms with Gasteiger partial charge in [-0.3, -0.25) is 9.59 Å². The van der Waals surface area contributed by atoms with Gasteiger partial charge < -0.3 is 20.1 Å². The quantitative estimate of drug-likeness (QED) is 0.619. The number of aliphatic carboxylic acids is 1. The maximum atomic E-state index is 12.8. The van der Waals surface area contributed by atoms with Crippen molar-refractivity contribution >= 4 is 18.0 Å². The van der Waals surface area contributed by atoms with Crippen molar-refractivity contribution in [2.45, 2.75) is 58.0 Å². The zero-order valence-electron chi connectivity index (χ0n) is 19.6. The van der Waals surface area contributed by atoms with Crippen molar-refractivity contribution in [1.29, 1.82) is 0 Å². The van der Waals surface area contributed by atoms with Crippen LogP contribution in [0.25, 0.3) is 11.1 Å². The summed E-state index contributed by atoms with van der Waals surface area (Å²) in [5.74, 6) is -1.20. The van der Waals surface area contributed by atoms with Crippen molar-refractivity contribution in [3.05, 3.63) is 59.7 Å². The second-order valence-corrected chi connectivity index (χ2v) is 9.43.